The summed E-state index contributed by atoms with van der Waals surface area (Å²) in [5.41, 5.74) is 1.75. The van der Waals surface area contributed by atoms with Gasteiger partial charge in [0.15, 0.2) is 11.6 Å². The molecule has 15 rings (SSSR count). The lowest BCUT2D eigenvalue weighted by Gasteiger charge is -2.36. The number of aromatic nitrogens is 10. The number of carboxylic acid groups (broad SMARTS) is 1. The van der Waals surface area contributed by atoms with Crippen LogP contribution in [0.3, 0.4) is 0 Å². The maximum atomic E-state index is 15.5. The summed E-state index contributed by atoms with van der Waals surface area (Å²) < 4.78 is 15.6. The molecule has 9 aromatic rings. The second-order valence-corrected chi connectivity index (χ2v) is 31.5. The van der Waals surface area contributed by atoms with Crippen LogP contribution < -0.4 is 46.7 Å². The summed E-state index contributed by atoms with van der Waals surface area (Å²) in [6.07, 6.45) is 3.23. The lowest BCUT2D eigenvalue weighted by atomic mass is 9.85. The first-order chi connectivity index (χ1) is 53.5. The molecule has 9 N–H and O–H groups in total. The predicted octanol–water partition coefficient (Wildman–Crippen LogP) is 4.97. The van der Waals surface area contributed by atoms with Crippen molar-refractivity contribution < 1.29 is 57.7 Å². The molecule has 0 aliphatic carbocycles. The molecule has 0 radical (unpaired) electrons. The molecule has 0 unspecified atom stereocenters. The van der Waals surface area contributed by atoms with Crippen molar-refractivity contribution in [3.63, 3.8) is 0 Å². The molecule has 3 aromatic heterocycles. The van der Waals surface area contributed by atoms with Gasteiger partial charge in [-0.1, -0.05) is 161 Å². The third-order valence-electron chi connectivity index (χ3n) is 21.2. The number of carbonyl (C=O) groups is 9. The van der Waals surface area contributed by atoms with Crippen molar-refractivity contribution >= 4 is 74.6 Å². The molecule has 12 atom stereocenters. The number of Topliss-reactive ketones (excluding diaryl/α,β-unsaturated/α-hetero) is 1. The zero-order valence-electron chi connectivity index (χ0n) is 64.4. The average molecular weight is 1530 g/mol. The molecule has 31 heteroatoms. The summed E-state index contributed by atoms with van der Waals surface area (Å²) in [6, 6.07) is 29.3. The van der Waals surface area contributed by atoms with Crippen LogP contribution in [0.1, 0.15) is 132 Å². The predicted molar refractivity (Wildman–Crippen MR) is 412 cm³/mol. The normalized spacial score (nSPS) is 21.6. The Bertz CT molecular complexity index is 4880. The van der Waals surface area contributed by atoms with Crippen molar-refractivity contribution in [2.75, 3.05) is 27.2 Å². The molecule has 0 spiro atoms. The van der Waals surface area contributed by atoms with Gasteiger partial charge in [0.2, 0.25) is 41.4 Å². The number of benzene rings is 6. The highest BCUT2D eigenvalue weighted by Gasteiger charge is 2.49. The number of ether oxygens (including phenoxy) is 2. The lowest BCUT2D eigenvalue weighted by molar-refractivity contribution is -0.145. The summed E-state index contributed by atoms with van der Waals surface area (Å²) in [5, 5.41) is 67.7. The third-order valence-corrected chi connectivity index (χ3v) is 21.2. The van der Waals surface area contributed by atoms with Gasteiger partial charge < -0.3 is 61.6 Å². The number of H-pyrrole nitrogens is 1. The van der Waals surface area contributed by atoms with Gasteiger partial charge in [-0.05, 0) is 130 Å². The van der Waals surface area contributed by atoms with Gasteiger partial charge in [0, 0.05) is 51.1 Å². The number of amides is 7. The molecule has 112 heavy (non-hydrogen) atoms. The lowest BCUT2D eigenvalue weighted by Crippen LogP contribution is -2.60. The molecular weight excluding hydrogens is 1430 g/mol. The minimum Gasteiger partial charge on any atom is -0.487 e. The maximum Gasteiger partial charge on any atom is 0.326 e. The number of nitrogens with zero attached hydrogens (tertiary/aromatic N) is 11. The van der Waals surface area contributed by atoms with Gasteiger partial charge in [0.1, 0.15) is 72.4 Å². The fraction of sp³-hybridized carbons (Fsp3) is 0.432. The van der Waals surface area contributed by atoms with Gasteiger partial charge >= 0.3 is 5.97 Å². The Hall–Kier alpha value is -11.9. The first-order valence-electron chi connectivity index (χ1n) is 37.7. The smallest absolute Gasteiger partial charge is 0.326 e. The number of fused-ring (bicyclic) bond motifs is 2. The Morgan fingerprint density at radius 3 is 1.43 bits per heavy atom. The maximum absolute atomic E-state index is 15.5. The van der Waals surface area contributed by atoms with Crippen LogP contribution in [-0.4, -0.2) is 200 Å². The second kappa shape index (κ2) is 34.6. The van der Waals surface area contributed by atoms with Crippen LogP contribution in [-0.2, 0) is 82.0 Å². The Morgan fingerprint density at radius 1 is 0.545 bits per heavy atom. The van der Waals surface area contributed by atoms with E-state index in [9.17, 15) is 24.3 Å². The van der Waals surface area contributed by atoms with E-state index in [4.69, 9.17) is 9.47 Å². The average Bonchev–Trinajstić information content (AvgIpc) is 1.63. The summed E-state index contributed by atoms with van der Waals surface area (Å²) in [7, 11) is 3.26. The number of likely N-dealkylation sites (N-methyl/N-ethyl adjacent to an activating group) is 2. The van der Waals surface area contributed by atoms with Crippen LogP contribution in [0.2, 0.25) is 0 Å². The zero-order chi connectivity index (χ0) is 79.7. The highest BCUT2D eigenvalue weighted by Crippen LogP contribution is 2.35. The molecule has 31 nitrogen and oxygen atoms in total. The number of ketones is 1. The number of hydrogen-bond donors (Lipinski definition) is 9. The monoisotopic (exact) mass is 1530 g/mol. The molecule has 7 amide bonds. The Kier molecular flexibility index (Phi) is 24.6. The number of aliphatic carboxylic acids is 1. The first-order valence-corrected chi connectivity index (χ1v) is 37.7. The van der Waals surface area contributed by atoms with Crippen molar-refractivity contribution in [2.45, 2.75) is 186 Å². The zero-order valence-corrected chi connectivity index (χ0v) is 64.4. The Labute approximate surface area is 647 Å². The van der Waals surface area contributed by atoms with E-state index < -0.39 is 131 Å². The van der Waals surface area contributed by atoms with E-state index in [0.29, 0.717) is 39.8 Å². The van der Waals surface area contributed by atoms with Gasteiger partial charge in [-0.2, -0.15) is 0 Å². The molecule has 9 heterocycles. The van der Waals surface area contributed by atoms with Crippen LogP contribution >= 0.6 is 0 Å². The van der Waals surface area contributed by atoms with E-state index in [1.165, 1.54) is 9.80 Å². The van der Waals surface area contributed by atoms with E-state index >= 15 is 24.0 Å². The largest absolute Gasteiger partial charge is 0.487 e. The van der Waals surface area contributed by atoms with Crippen LogP contribution in [0.4, 0.5) is 0 Å². The number of hydrogen-bond acceptors (Lipinski definition) is 20. The van der Waals surface area contributed by atoms with E-state index in [1.807, 2.05) is 118 Å². The van der Waals surface area contributed by atoms with Crippen molar-refractivity contribution in [2.24, 2.45) is 10.8 Å². The van der Waals surface area contributed by atoms with Gasteiger partial charge in [0.25, 0.3) is 0 Å². The Morgan fingerprint density at radius 2 is 0.991 bits per heavy atom. The van der Waals surface area contributed by atoms with E-state index in [0.717, 1.165) is 32.7 Å². The van der Waals surface area contributed by atoms with Crippen molar-refractivity contribution in [1.29, 1.82) is 0 Å². The van der Waals surface area contributed by atoms with E-state index in [-0.39, 0.29) is 77.0 Å². The number of aromatic amines is 1. The van der Waals surface area contributed by atoms with Crippen molar-refractivity contribution in [3.8, 4) is 11.5 Å². The number of carbonyl (C=O) groups excluding carboxylic acids is 8. The SMILES string of the molecule is CN[C@@H](C)C(=O)N[C@H](C(=O)N1C[C@@H]2C[C@H]1C(=O)N[C@@H](Cc1ccc3ccccc3c1)C(=O)C[C@H](c1nnn[nH]1)Cc1ccc(cc1)OCc1cn(nn1)[C@H]1C[C@@H](C(=O)N[C@@H](Cc3ccc4ccccc4c3)C(=O)N[C@H](C(=O)O)Cc3ccc(cc3)OCc3cn2nn3)N(C(=O)[C@@H](NC(=O)[C@H](C)NC)C(C)(C)C)C1)C(C)(C)C. The van der Waals surface area contributed by atoms with Gasteiger partial charge in [-0.15, -0.1) is 15.3 Å². The fourth-order valence-corrected chi connectivity index (χ4v) is 14.5. The van der Waals surface area contributed by atoms with Crippen molar-refractivity contribution in [1.82, 2.24) is 97.6 Å². The number of carboxylic acids is 1. The third kappa shape index (κ3) is 19.3. The molecule has 6 aliphatic rings. The molecular formula is C81H97N19O12. The van der Waals surface area contributed by atoms with Crippen LogP contribution in [0.5, 0.6) is 11.5 Å². The molecule has 6 aromatic carbocycles. The van der Waals surface area contributed by atoms with Gasteiger partial charge in [0.05, 0.1) is 42.6 Å². The summed E-state index contributed by atoms with van der Waals surface area (Å²) in [6.45, 7) is 13.9. The number of nitrogens with one attached hydrogen (secondary N) is 8. The summed E-state index contributed by atoms with van der Waals surface area (Å²) in [5.74, 6) is -5.27. The molecule has 0 saturated carbocycles. The van der Waals surface area contributed by atoms with E-state index in [1.54, 1.807) is 107 Å². The highest BCUT2D eigenvalue weighted by molar-refractivity contribution is 5.98. The number of rotatable bonds is 14. The molecule has 2 saturated heterocycles. The molecule has 588 valence electrons. The number of likely N-dealkylation sites (tertiary alicyclic amines) is 2. The summed E-state index contributed by atoms with van der Waals surface area (Å²) in [4.78, 5) is 135. The minimum absolute atomic E-state index is 0.0148. The topological polar surface area (TPSA) is 399 Å². The number of tetrazole rings is 1. The van der Waals surface area contributed by atoms with E-state index in [2.05, 4.69) is 78.5 Å². The Balaban J connectivity index is 0.876. The quantitative estimate of drug-likeness (QED) is 0.0693. The standard InChI is InChI=1S/C81H97N19O12/c1-46(82-9)72(102)87-69(80(3,4)5)77(107)97-42-59-38-66(97)75(105)84-63(35-50-19-25-52-15-11-13-17-54(52)32-50)68(101)37-56(71-91-93-94-92-71)31-48-21-27-61(28-22-48)111-44-57-41-100(96-89-57)60-39-67(98(43-60)78(108)70(81(6,7)8)88-73(103)47(2)83-10)76(106)85-64(36-51-20-26-53-16-12-14-18-55(53)33-51)74(104)86-65(79(109)110)34-49-23-29-62(30-24-49)112-45-58-40-99(59)95-90-58/h11-30,32-33,40-41,46-47,56,59-60,63-67,69-70,82-83H,31,34-39,42-45H2,1-10H3,(H,84,105)(H,85,106)(H,86,104)(H,87,102)(H,88,103)(H,109,110)(H,91,92,93,94)/t46-,47-,56+,59-,60-,63-,64-,65-,66-,67-,69+,70+/m0/s1. The highest BCUT2D eigenvalue weighted by atomic mass is 16.5. The van der Waals surface area contributed by atoms with Crippen molar-refractivity contribution in [3.05, 3.63) is 185 Å². The van der Waals surface area contributed by atoms with Gasteiger partial charge in [-0.25, -0.2) is 19.3 Å². The first kappa shape index (κ1) is 79.7. The van der Waals surface area contributed by atoms with Crippen LogP contribution in [0, 0.1) is 10.8 Å². The fourth-order valence-electron chi connectivity index (χ4n) is 14.5. The van der Waals surface area contributed by atoms with Crippen LogP contribution in [0.15, 0.2) is 146 Å². The summed E-state index contributed by atoms with van der Waals surface area (Å²) >= 11 is 0. The molecule has 2 fully saturated rings. The van der Waals surface area contributed by atoms with Gasteiger partial charge in [-0.3, -0.25) is 38.4 Å². The second-order valence-electron chi connectivity index (χ2n) is 31.5. The molecule has 6 aliphatic heterocycles. The van der Waals surface area contributed by atoms with Crippen LogP contribution in [0.25, 0.3) is 21.5 Å². The minimum atomic E-state index is -1.51. The molecule has 12 bridgehead atoms.